The number of hydrogen-bond acceptors (Lipinski definition) is 7. The van der Waals surface area contributed by atoms with Crippen LogP contribution in [0.15, 0.2) is 42.5 Å². The summed E-state index contributed by atoms with van der Waals surface area (Å²) < 4.78 is 1.42. The Morgan fingerprint density at radius 3 is 2.34 bits per heavy atom. The van der Waals surface area contributed by atoms with Gasteiger partial charge in [0, 0.05) is 43.7 Å². The molecule has 4 heterocycles. The van der Waals surface area contributed by atoms with Gasteiger partial charge in [0.25, 0.3) is 0 Å². The molecule has 2 amide bonds. The van der Waals surface area contributed by atoms with Crippen molar-refractivity contribution in [1.82, 2.24) is 30.2 Å². The molecular formula is C22H26N8O2. The Morgan fingerprint density at radius 1 is 0.875 bits per heavy atom. The fourth-order valence-corrected chi connectivity index (χ4v) is 4.55. The summed E-state index contributed by atoms with van der Waals surface area (Å²) >= 11 is 0. The third-order valence-electron chi connectivity index (χ3n) is 6.44. The van der Waals surface area contributed by atoms with E-state index in [1.54, 1.807) is 0 Å². The van der Waals surface area contributed by atoms with Gasteiger partial charge in [0.05, 0.1) is 0 Å². The molecular weight excluding hydrogens is 408 g/mol. The van der Waals surface area contributed by atoms with Gasteiger partial charge in [0.1, 0.15) is 0 Å². The predicted molar refractivity (Wildman–Crippen MR) is 118 cm³/mol. The Labute approximate surface area is 185 Å². The second-order valence-corrected chi connectivity index (χ2v) is 8.43. The first-order chi connectivity index (χ1) is 15.7. The van der Waals surface area contributed by atoms with Crippen molar-refractivity contribution in [3.63, 3.8) is 0 Å². The molecule has 0 spiro atoms. The lowest BCUT2D eigenvalue weighted by atomic mass is 9.91. The van der Waals surface area contributed by atoms with E-state index in [2.05, 4.69) is 30.8 Å². The molecule has 10 heteroatoms. The minimum Gasteiger partial charge on any atom is -0.355 e. The van der Waals surface area contributed by atoms with Crippen LogP contribution < -0.4 is 10.2 Å². The van der Waals surface area contributed by atoms with Crippen molar-refractivity contribution in [1.29, 1.82) is 0 Å². The van der Waals surface area contributed by atoms with Gasteiger partial charge < -0.3 is 15.1 Å². The van der Waals surface area contributed by atoms with Gasteiger partial charge in [0.15, 0.2) is 11.5 Å². The van der Waals surface area contributed by atoms with Crippen LogP contribution in [-0.4, -0.2) is 68.1 Å². The van der Waals surface area contributed by atoms with E-state index in [-0.39, 0.29) is 23.7 Å². The number of nitrogens with zero attached hydrogens (tertiary/aromatic N) is 7. The van der Waals surface area contributed by atoms with Gasteiger partial charge in [-0.2, -0.15) is 0 Å². The summed E-state index contributed by atoms with van der Waals surface area (Å²) in [7, 11) is 0. The second kappa shape index (κ2) is 8.89. The number of anilines is 2. The Balaban J connectivity index is 1.11. The van der Waals surface area contributed by atoms with Crippen molar-refractivity contribution in [2.45, 2.75) is 25.7 Å². The van der Waals surface area contributed by atoms with Gasteiger partial charge in [-0.3, -0.25) is 9.59 Å². The summed E-state index contributed by atoms with van der Waals surface area (Å²) in [4.78, 5) is 29.7. The average molecular weight is 435 g/mol. The van der Waals surface area contributed by atoms with Crippen LogP contribution in [0.5, 0.6) is 0 Å². The number of tetrazole rings is 1. The highest BCUT2D eigenvalue weighted by Crippen LogP contribution is 2.26. The van der Waals surface area contributed by atoms with Crippen LogP contribution in [0.4, 0.5) is 11.5 Å². The van der Waals surface area contributed by atoms with Crippen LogP contribution >= 0.6 is 0 Å². The zero-order chi connectivity index (χ0) is 21.9. The maximum atomic E-state index is 13.1. The summed E-state index contributed by atoms with van der Waals surface area (Å²) in [6.45, 7) is 2.83. The summed E-state index contributed by atoms with van der Waals surface area (Å²) in [5.74, 6) is 1.06. The number of para-hydroxylation sites is 1. The van der Waals surface area contributed by atoms with Crippen molar-refractivity contribution >= 4 is 29.0 Å². The molecule has 3 aromatic rings. The van der Waals surface area contributed by atoms with Crippen molar-refractivity contribution < 1.29 is 9.59 Å². The van der Waals surface area contributed by atoms with E-state index in [0.717, 1.165) is 37.4 Å². The Kier molecular flexibility index (Phi) is 5.66. The van der Waals surface area contributed by atoms with Crippen molar-refractivity contribution in [2.24, 2.45) is 11.8 Å². The molecule has 0 saturated carbocycles. The highest BCUT2D eigenvalue weighted by atomic mass is 16.2. The molecule has 0 radical (unpaired) electrons. The number of carbonyl (C=O) groups is 2. The number of amides is 2. The number of benzene rings is 1. The molecule has 0 atom stereocenters. The van der Waals surface area contributed by atoms with E-state index >= 15 is 0 Å². The van der Waals surface area contributed by atoms with E-state index in [0.29, 0.717) is 31.6 Å². The van der Waals surface area contributed by atoms with Crippen LogP contribution in [0.2, 0.25) is 0 Å². The molecule has 5 rings (SSSR count). The first-order valence-corrected chi connectivity index (χ1v) is 11.1. The number of likely N-dealkylation sites (tertiary alicyclic amines) is 1. The van der Waals surface area contributed by atoms with Crippen molar-refractivity contribution in [3.05, 3.63) is 42.5 Å². The number of carbonyl (C=O) groups excluding carboxylic acids is 2. The first kappa shape index (κ1) is 20.3. The Bertz CT molecular complexity index is 1090. The van der Waals surface area contributed by atoms with Crippen LogP contribution in [0, 0.1) is 11.8 Å². The fourth-order valence-electron chi connectivity index (χ4n) is 4.55. The van der Waals surface area contributed by atoms with Crippen LogP contribution in [-0.2, 0) is 9.59 Å². The number of aromatic nitrogens is 5. The third-order valence-corrected chi connectivity index (χ3v) is 6.44. The zero-order valence-corrected chi connectivity index (χ0v) is 17.8. The summed E-state index contributed by atoms with van der Waals surface area (Å²) in [6, 6.07) is 13.3. The first-order valence-electron chi connectivity index (χ1n) is 11.1. The van der Waals surface area contributed by atoms with Gasteiger partial charge in [0.2, 0.25) is 11.8 Å². The van der Waals surface area contributed by atoms with Gasteiger partial charge in [-0.25, -0.2) is 0 Å². The minimum atomic E-state index is -0.0478. The molecule has 0 unspecified atom stereocenters. The maximum absolute atomic E-state index is 13.1. The zero-order valence-electron chi connectivity index (χ0n) is 17.8. The molecule has 1 N–H and O–H groups in total. The molecule has 2 saturated heterocycles. The lowest BCUT2D eigenvalue weighted by Gasteiger charge is -2.37. The standard InChI is InChI=1S/C22H26N8O2/c31-21(23-18-4-2-1-3-5-18)16-8-14-29(15-9-16)22(32)17-10-12-28(13-11-17)20-7-6-19-24-26-27-30(19)25-20/h1-7,16-17H,8-15H2,(H,23,31). The smallest absolute Gasteiger partial charge is 0.227 e. The lowest BCUT2D eigenvalue weighted by molar-refractivity contribution is -0.139. The van der Waals surface area contributed by atoms with E-state index < -0.39 is 0 Å². The van der Waals surface area contributed by atoms with Crippen molar-refractivity contribution in [2.75, 3.05) is 36.4 Å². The van der Waals surface area contributed by atoms with E-state index in [4.69, 9.17) is 0 Å². The molecule has 2 aromatic heterocycles. The van der Waals surface area contributed by atoms with Crippen LogP contribution in [0.1, 0.15) is 25.7 Å². The number of hydrogen-bond donors (Lipinski definition) is 1. The molecule has 0 bridgehead atoms. The number of nitrogens with one attached hydrogen (secondary N) is 1. The highest BCUT2D eigenvalue weighted by Gasteiger charge is 2.33. The van der Waals surface area contributed by atoms with Crippen LogP contribution in [0.25, 0.3) is 5.65 Å². The Morgan fingerprint density at radius 2 is 1.59 bits per heavy atom. The summed E-state index contributed by atoms with van der Waals surface area (Å²) in [6.07, 6.45) is 3.00. The maximum Gasteiger partial charge on any atom is 0.227 e. The molecule has 2 aliphatic rings. The second-order valence-electron chi connectivity index (χ2n) is 8.43. The average Bonchev–Trinajstić information content (AvgIpc) is 3.32. The normalized spacial score (nSPS) is 18.1. The summed E-state index contributed by atoms with van der Waals surface area (Å²) in [5.41, 5.74) is 1.43. The molecule has 32 heavy (non-hydrogen) atoms. The molecule has 2 fully saturated rings. The molecule has 2 aliphatic heterocycles. The topological polar surface area (TPSA) is 109 Å². The predicted octanol–water partition coefficient (Wildman–Crippen LogP) is 1.61. The third kappa shape index (κ3) is 4.25. The van der Waals surface area contributed by atoms with E-state index in [9.17, 15) is 9.59 Å². The number of fused-ring (bicyclic) bond motifs is 1. The highest BCUT2D eigenvalue weighted by molar-refractivity contribution is 5.92. The number of piperidine rings is 2. The van der Waals surface area contributed by atoms with E-state index in [1.165, 1.54) is 4.63 Å². The van der Waals surface area contributed by atoms with Crippen molar-refractivity contribution in [3.8, 4) is 0 Å². The quantitative estimate of drug-likeness (QED) is 0.664. The van der Waals surface area contributed by atoms with Gasteiger partial charge in [-0.1, -0.05) is 18.2 Å². The molecule has 10 nitrogen and oxygen atoms in total. The molecule has 1 aromatic carbocycles. The van der Waals surface area contributed by atoms with Gasteiger partial charge in [-0.05, 0) is 60.4 Å². The molecule has 166 valence electrons. The number of rotatable bonds is 4. The largest absolute Gasteiger partial charge is 0.355 e. The Hall–Kier alpha value is -3.56. The van der Waals surface area contributed by atoms with Crippen LogP contribution in [0.3, 0.4) is 0 Å². The molecule has 0 aliphatic carbocycles. The lowest BCUT2D eigenvalue weighted by Crippen LogP contribution is -2.46. The van der Waals surface area contributed by atoms with E-state index in [1.807, 2.05) is 47.4 Å². The summed E-state index contributed by atoms with van der Waals surface area (Å²) in [5, 5.41) is 18.8. The fraction of sp³-hybridized carbons (Fsp3) is 0.455. The SMILES string of the molecule is O=C(Nc1ccccc1)C1CCN(C(=O)C2CCN(c3ccc4nnnn4n3)CC2)CC1. The van der Waals surface area contributed by atoms with Gasteiger partial charge >= 0.3 is 0 Å². The monoisotopic (exact) mass is 434 g/mol. The van der Waals surface area contributed by atoms with Gasteiger partial charge in [-0.15, -0.1) is 14.8 Å². The minimum absolute atomic E-state index is 0.0257.